The van der Waals surface area contributed by atoms with Gasteiger partial charge in [-0.15, -0.1) is 5.10 Å². The Hall–Kier alpha value is -2.25. The summed E-state index contributed by atoms with van der Waals surface area (Å²) < 4.78 is 1.85. The molecule has 29 heavy (non-hydrogen) atoms. The zero-order chi connectivity index (χ0) is 19.9. The number of amides is 1. The van der Waals surface area contributed by atoms with Crippen molar-refractivity contribution < 1.29 is 4.79 Å². The van der Waals surface area contributed by atoms with E-state index in [0.717, 1.165) is 32.5 Å². The van der Waals surface area contributed by atoms with Gasteiger partial charge < -0.3 is 10.6 Å². The van der Waals surface area contributed by atoms with E-state index in [-0.39, 0.29) is 5.91 Å². The van der Waals surface area contributed by atoms with Crippen LogP contribution in [0.15, 0.2) is 30.5 Å². The van der Waals surface area contributed by atoms with E-state index in [9.17, 15) is 4.79 Å². The fourth-order valence-electron chi connectivity index (χ4n) is 4.32. The van der Waals surface area contributed by atoms with Crippen molar-refractivity contribution in [1.29, 1.82) is 0 Å². The first-order valence-electron chi connectivity index (χ1n) is 11.0. The number of aromatic nitrogens is 3. The minimum Gasteiger partial charge on any atom is -0.347 e. The van der Waals surface area contributed by atoms with Gasteiger partial charge >= 0.3 is 0 Å². The number of carbonyl (C=O) groups excluding carboxylic acids is 1. The Morgan fingerprint density at radius 3 is 2.55 bits per heavy atom. The maximum Gasteiger partial charge on any atom is 0.273 e. The van der Waals surface area contributed by atoms with Crippen LogP contribution in [0.4, 0.5) is 0 Å². The average Bonchev–Trinajstić information content (AvgIpc) is 3.12. The molecule has 0 aliphatic carbocycles. The molecule has 2 aliphatic heterocycles. The summed E-state index contributed by atoms with van der Waals surface area (Å²) in [5.41, 5.74) is 2.87. The van der Waals surface area contributed by atoms with Crippen molar-refractivity contribution in [1.82, 2.24) is 30.5 Å². The van der Waals surface area contributed by atoms with Crippen LogP contribution in [0.2, 0.25) is 0 Å². The third-order valence-electron chi connectivity index (χ3n) is 6.08. The van der Waals surface area contributed by atoms with Gasteiger partial charge in [-0.05, 0) is 63.0 Å². The number of nitrogens with one attached hydrogen (secondary N) is 2. The molecule has 0 bridgehead atoms. The fraction of sp³-hybridized carbons (Fsp3) is 0.591. The van der Waals surface area contributed by atoms with Gasteiger partial charge in [-0.2, -0.15) is 0 Å². The van der Waals surface area contributed by atoms with Crippen LogP contribution in [0.3, 0.4) is 0 Å². The Morgan fingerprint density at radius 1 is 1.07 bits per heavy atom. The summed E-state index contributed by atoms with van der Waals surface area (Å²) in [6.45, 7) is 5.78. The van der Waals surface area contributed by atoms with Crippen LogP contribution in [0.1, 0.15) is 66.2 Å². The number of likely N-dealkylation sites (tertiary alicyclic amines) is 1. The highest BCUT2D eigenvalue weighted by Gasteiger charge is 2.19. The van der Waals surface area contributed by atoms with E-state index < -0.39 is 0 Å². The number of carbonyl (C=O) groups is 1. The lowest BCUT2D eigenvalue weighted by Gasteiger charge is -2.22. The van der Waals surface area contributed by atoms with Crippen molar-refractivity contribution in [2.45, 2.75) is 57.7 Å². The molecule has 0 atom stereocenters. The Labute approximate surface area is 172 Å². The second-order valence-corrected chi connectivity index (χ2v) is 8.21. The molecule has 1 aromatic heterocycles. The molecule has 2 aliphatic rings. The lowest BCUT2D eigenvalue weighted by atomic mass is 10.1. The van der Waals surface area contributed by atoms with Gasteiger partial charge in [0.05, 0.1) is 12.2 Å². The molecule has 3 heterocycles. The Balaban J connectivity index is 1.35. The molecule has 2 aromatic rings. The zero-order valence-corrected chi connectivity index (χ0v) is 17.1. The van der Waals surface area contributed by atoms with Crippen molar-refractivity contribution in [3.8, 4) is 0 Å². The van der Waals surface area contributed by atoms with Gasteiger partial charge in [-0.3, -0.25) is 9.69 Å². The van der Waals surface area contributed by atoms with E-state index in [1.807, 2.05) is 10.7 Å². The summed E-state index contributed by atoms with van der Waals surface area (Å²) in [5.74, 6) is -0.158. The summed E-state index contributed by atoms with van der Waals surface area (Å²) in [6, 6.07) is 8.75. The number of piperidine rings is 1. The SMILES string of the molecule is O=C(NCc1ccccc1CN1CCCCCC1)c1cn(C2CCNCC2)nn1. The average molecular weight is 397 g/mol. The molecular weight excluding hydrogens is 364 g/mol. The van der Waals surface area contributed by atoms with E-state index in [4.69, 9.17) is 0 Å². The van der Waals surface area contributed by atoms with Crippen LogP contribution >= 0.6 is 0 Å². The Kier molecular flexibility index (Phi) is 6.90. The van der Waals surface area contributed by atoms with Crippen LogP contribution in [0.5, 0.6) is 0 Å². The van der Waals surface area contributed by atoms with Crippen LogP contribution in [0, 0.1) is 0 Å². The van der Waals surface area contributed by atoms with E-state index >= 15 is 0 Å². The number of benzene rings is 1. The molecule has 156 valence electrons. The third-order valence-corrected chi connectivity index (χ3v) is 6.08. The molecule has 0 spiro atoms. The maximum absolute atomic E-state index is 12.6. The standard InChI is InChI=1S/C22H32N6O/c29-22(21-17-28(26-25-21)20-9-11-23-12-10-20)24-15-18-7-3-4-8-19(18)16-27-13-5-1-2-6-14-27/h3-4,7-8,17,20,23H,1-2,5-6,9-16H2,(H,24,29). The Morgan fingerprint density at radius 2 is 1.79 bits per heavy atom. The van der Waals surface area contributed by atoms with Gasteiger partial charge in [0, 0.05) is 13.1 Å². The smallest absolute Gasteiger partial charge is 0.273 e. The molecule has 0 saturated carbocycles. The highest BCUT2D eigenvalue weighted by molar-refractivity contribution is 5.91. The Bertz CT molecular complexity index is 790. The van der Waals surface area contributed by atoms with Crippen LogP contribution in [-0.2, 0) is 13.1 Å². The van der Waals surface area contributed by atoms with Crippen molar-refractivity contribution >= 4 is 5.91 Å². The van der Waals surface area contributed by atoms with Crippen molar-refractivity contribution in [3.63, 3.8) is 0 Å². The second kappa shape index (κ2) is 9.98. The predicted octanol–water partition coefficient (Wildman–Crippen LogP) is 2.51. The number of hydrogen-bond acceptors (Lipinski definition) is 5. The summed E-state index contributed by atoms with van der Waals surface area (Å²) >= 11 is 0. The summed E-state index contributed by atoms with van der Waals surface area (Å²) in [7, 11) is 0. The highest BCUT2D eigenvalue weighted by atomic mass is 16.2. The summed E-state index contributed by atoms with van der Waals surface area (Å²) in [4.78, 5) is 15.2. The third kappa shape index (κ3) is 5.42. The van der Waals surface area contributed by atoms with Crippen molar-refractivity contribution in [2.24, 2.45) is 0 Å². The van der Waals surface area contributed by atoms with Crippen molar-refractivity contribution in [2.75, 3.05) is 26.2 Å². The summed E-state index contributed by atoms with van der Waals surface area (Å²) in [6.07, 6.45) is 9.08. The van der Waals surface area contributed by atoms with Crippen LogP contribution < -0.4 is 10.6 Å². The van der Waals surface area contributed by atoms with Gasteiger partial charge in [0.1, 0.15) is 0 Å². The highest BCUT2D eigenvalue weighted by Crippen LogP contribution is 2.18. The molecule has 1 aromatic carbocycles. The molecule has 0 radical (unpaired) electrons. The molecule has 0 unspecified atom stereocenters. The minimum absolute atomic E-state index is 0.158. The topological polar surface area (TPSA) is 75.1 Å². The van der Waals surface area contributed by atoms with E-state index in [2.05, 4.69) is 44.0 Å². The van der Waals surface area contributed by atoms with Crippen LogP contribution in [0.25, 0.3) is 0 Å². The number of hydrogen-bond donors (Lipinski definition) is 2. The lowest BCUT2D eigenvalue weighted by Crippen LogP contribution is -2.29. The van der Waals surface area contributed by atoms with Gasteiger partial charge in [-0.1, -0.05) is 42.3 Å². The quantitative estimate of drug-likeness (QED) is 0.785. The molecule has 2 saturated heterocycles. The van der Waals surface area contributed by atoms with Crippen LogP contribution in [-0.4, -0.2) is 52.0 Å². The fourth-order valence-corrected chi connectivity index (χ4v) is 4.32. The lowest BCUT2D eigenvalue weighted by molar-refractivity contribution is 0.0945. The van der Waals surface area contributed by atoms with Gasteiger partial charge in [0.2, 0.25) is 0 Å². The first kappa shape index (κ1) is 20.0. The molecule has 2 fully saturated rings. The van der Waals surface area contributed by atoms with Gasteiger partial charge in [-0.25, -0.2) is 4.68 Å². The van der Waals surface area contributed by atoms with E-state index in [1.165, 1.54) is 49.9 Å². The zero-order valence-electron chi connectivity index (χ0n) is 17.1. The second-order valence-electron chi connectivity index (χ2n) is 8.21. The normalized spacial score (nSPS) is 19.0. The predicted molar refractivity (Wildman–Crippen MR) is 113 cm³/mol. The number of nitrogens with zero attached hydrogens (tertiary/aromatic N) is 4. The van der Waals surface area contributed by atoms with Crippen molar-refractivity contribution in [3.05, 3.63) is 47.3 Å². The molecule has 1 amide bonds. The van der Waals surface area contributed by atoms with Gasteiger partial charge in [0.25, 0.3) is 5.91 Å². The van der Waals surface area contributed by atoms with E-state index in [1.54, 1.807) is 6.20 Å². The van der Waals surface area contributed by atoms with E-state index in [0.29, 0.717) is 18.3 Å². The molecule has 4 rings (SSSR count). The molecular formula is C22H32N6O. The first-order chi connectivity index (χ1) is 14.3. The molecule has 2 N–H and O–H groups in total. The van der Waals surface area contributed by atoms with Gasteiger partial charge in [0.15, 0.2) is 5.69 Å². The molecule has 7 nitrogen and oxygen atoms in total. The largest absolute Gasteiger partial charge is 0.347 e. The summed E-state index contributed by atoms with van der Waals surface area (Å²) in [5, 5.41) is 14.7. The molecule has 7 heteroatoms. The number of rotatable bonds is 6. The maximum atomic E-state index is 12.6. The first-order valence-corrected chi connectivity index (χ1v) is 11.0. The monoisotopic (exact) mass is 396 g/mol. The minimum atomic E-state index is -0.158.